The van der Waals surface area contributed by atoms with E-state index in [2.05, 4.69) is 34.5 Å². The van der Waals surface area contributed by atoms with Crippen molar-refractivity contribution >= 4 is 5.91 Å². The Morgan fingerprint density at radius 2 is 2.09 bits per heavy atom. The summed E-state index contributed by atoms with van der Waals surface area (Å²) in [7, 11) is 0. The maximum atomic E-state index is 12.8. The molecule has 0 saturated carbocycles. The molecule has 126 valence electrons. The van der Waals surface area contributed by atoms with Gasteiger partial charge in [0.1, 0.15) is 0 Å². The highest BCUT2D eigenvalue weighted by Crippen LogP contribution is 2.20. The van der Waals surface area contributed by atoms with E-state index in [1.54, 1.807) is 0 Å². The van der Waals surface area contributed by atoms with Gasteiger partial charge in [0, 0.05) is 19.0 Å². The van der Waals surface area contributed by atoms with E-state index in [1.165, 1.54) is 5.56 Å². The van der Waals surface area contributed by atoms with Gasteiger partial charge < -0.3 is 15.0 Å². The summed E-state index contributed by atoms with van der Waals surface area (Å²) in [5.74, 6) is 0.555. The van der Waals surface area contributed by atoms with Crippen molar-refractivity contribution < 1.29 is 9.53 Å². The molecule has 23 heavy (non-hydrogen) atoms. The first-order chi connectivity index (χ1) is 11.3. The van der Waals surface area contributed by atoms with Crippen molar-refractivity contribution in [2.24, 2.45) is 5.92 Å². The van der Waals surface area contributed by atoms with Crippen molar-refractivity contribution in [3.8, 4) is 0 Å². The molecule has 2 saturated heterocycles. The molecule has 2 atom stereocenters. The minimum atomic E-state index is 0.178. The highest BCUT2D eigenvalue weighted by molar-refractivity contribution is 5.79. The summed E-state index contributed by atoms with van der Waals surface area (Å²) in [6.07, 6.45) is 5.29. The first kappa shape index (κ1) is 16.5. The number of amides is 1. The number of aryl methyl sites for hydroxylation is 1. The van der Waals surface area contributed by atoms with Gasteiger partial charge >= 0.3 is 0 Å². The van der Waals surface area contributed by atoms with Crippen LogP contribution in [-0.4, -0.2) is 49.7 Å². The summed E-state index contributed by atoms with van der Waals surface area (Å²) < 4.78 is 5.89. The molecule has 1 N–H and O–H groups in total. The van der Waals surface area contributed by atoms with E-state index in [4.69, 9.17) is 4.74 Å². The van der Waals surface area contributed by atoms with Crippen LogP contribution in [0.4, 0.5) is 0 Å². The molecule has 0 spiro atoms. The van der Waals surface area contributed by atoms with Crippen molar-refractivity contribution in [1.82, 2.24) is 10.2 Å². The van der Waals surface area contributed by atoms with Crippen molar-refractivity contribution in [2.75, 3.05) is 32.8 Å². The summed E-state index contributed by atoms with van der Waals surface area (Å²) in [5, 5.41) is 3.39. The van der Waals surface area contributed by atoms with Gasteiger partial charge in [-0.2, -0.15) is 0 Å². The highest BCUT2D eigenvalue weighted by Gasteiger charge is 2.29. The Morgan fingerprint density at radius 1 is 1.22 bits per heavy atom. The number of hydrogen-bond donors (Lipinski definition) is 1. The molecule has 2 unspecified atom stereocenters. The molecule has 0 aromatic heterocycles. The third-order valence-electron chi connectivity index (χ3n) is 4.97. The first-order valence-electron chi connectivity index (χ1n) is 8.98. The zero-order valence-electron chi connectivity index (χ0n) is 13.9. The Morgan fingerprint density at radius 3 is 2.96 bits per heavy atom. The van der Waals surface area contributed by atoms with Gasteiger partial charge in [-0.05, 0) is 50.8 Å². The Hall–Kier alpha value is -1.39. The topological polar surface area (TPSA) is 41.6 Å². The van der Waals surface area contributed by atoms with Crippen LogP contribution in [-0.2, 0) is 16.0 Å². The average molecular weight is 316 g/mol. The normalized spacial score (nSPS) is 25.8. The maximum Gasteiger partial charge on any atom is 0.225 e. The number of morpholine rings is 1. The summed E-state index contributed by atoms with van der Waals surface area (Å²) in [6.45, 7) is 4.21. The molecule has 0 aliphatic carbocycles. The van der Waals surface area contributed by atoms with E-state index in [9.17, 15) is 4.79 Å². The molecule has 2 aliphatic rings. The average Bonchev–Trinajstić information content (AvgIpc) is 2.90. The van der Waals surface area contributed by atoms with Crippen molar-refractivity contribution in [3.63, 3.8) is 0 Å². The fraction of sp³-hybridized carbons (Fsp3) is 0.632. The SMILES string of the molecule is O=C(C1CCCNCC1)N1CCOC(CCc2ccccc2)C1. The number of ether oxygens (including phenoxy) is 1. The lowest BCUT2D eigenvalue weighted by atomic mass is 9.98. The number of nitrogens with one attached hydrogen (secondary N) is 1. The maximum absolute atomic E-state index is 12.8. The lowest BCUT2D eigenvalue weighted by molar-refractivity contribution is -0.143. The number of nitrogens with zero attached hydrogens (tertiary/aromatic N) is 1. The Balaban J connectivity index is 1.50. The highest BCUT2D eigenvalue weighted by atomic mass is 16.5. The molecule has 0 radical (unpaired) electrons. The standard InChI is InChI=1S/C19H28N2O2/c22-19(17-7-4-11-20-12-10-17)21-13-14-23-18(15-21)9-8-16-5-2-1-3-6-16/h1-3,5-6,17-18,20H,4,7-15H2. The van der Waals surface area contributed by atoms with E-state index >= 15 is 0 Å². The van der Waals surface area contributed by atoms with Crippen LogP contribution in [0.15, 0.2) is 30.3 Å². The zero-order valence-corrected chi connectivity index (χ0v) is 13.9. The van der Waals surface area contributed by atoms with Gasteiger partial charge in [0.05, 0.1) is 12.7 Å². The van der Waals surface area contributed by atoms with Crippen LogP contribution in [0.2, 0.25) is 0 Å². The zero-order chi connectivity index (χ0) is 15.9. The number of hydrogen-bond acceptors (Lipinski definition) is 3. The molecule has 1 amide bonds. The van der Waals surface area contributed by atoms with Gasteiger partial charge in [-0.3, -0.25) is 4.79 Å². The fourth-order valence-corrected chi connectivity index (χ4v) is 3.59. The predicted octanol–water partition coefficient (Wildman–Crippen LogP) is 2.24. The number of rotatable bonds is 4. The Kier molecular flexibility index (Phi) is 6.06. The molecular formula is C19H28N2O2. The number of carbonyl (C=O) groups excluding carboxylic acids is 1. The minimum Gasteiger partial charge on any atom is -0.375 e. The predicted molar refractivity (Wildman–Crippen MR) is 91.3 cm³/mol. The smallest absolute Gasteiger partial charge is 0.225 e. The summed E-state index contributed by atoms with van der Waals surface area (Å²) in [4.78, 5) is 14.8. The molecule has 2 fully saturated rings. The monoisotopic (exact) mass is 316 g/mol. The van der Waals surface area contributed by atoms with Crippen LogP contribution in [0.3, 0.4) is 0 Å². The van der Waals surface area contributed by atoms with Gasteiger partial charge in [0.2, 0.25) is 5.91 Å². The van der Waals surface area contributed by atoms with E-state index in [0.29, 0.717) is 12.5 Å². The van der Waals surface area contributed by atoms with Gasteiger partial charge in [-0.1, -0.05) is 30.3 Å². The molecular weight excluding hydrogens is 288 g/mol. The lowest BCUT2D eigenvalue weighted by Gasteiger charge is -2.35. The van der Waals surface area contributed by atoms with Crippen molar-refractivity contribution in [2.45, 2.75) is 38.2 Å². The van der Waals surface area contributed by atoms with Crippen molar-refractivity contribution in [3.05, 3.63) is 35.9 Å². The molecule has 4 nitrogen and oxygen atoms in total. The third-order valence-corrected chi connectivity index (χ3v) is 4.97. The van der Waals surface area contributed by atoms with E-state index in [-0.39, 0.29) is 12.0 Å². The molecule has 1 aromatic carbocycles. The quantitative estimate of drug-likeness (QED) is 0.926. The molecule has 1 aromatic rings. The molecule has 2 aliphatic heterocycles. The second-order valence-electron chi connectivity index (χ2n) is 6.68. The van der Waals surface area contributed by atoms with Crippen LogP contribution in [0, 0.1) is 5.92 Å². The first-order valence-corrected chi connectivity index (χ1v) is 8.98. The molecule has 2 heterocycles. The summed E-state index contributed by atoms with van der Waals surface area (Å²) in [6, 6.07) is 10.5. The molecule has 3 rings (SSSR count). The fourth-order valence-electron chi connectivity index (χ4n) is 3.59. The van der Waals surface area contributed by atoms with Gasteiger partial charge in [-0.25, -0.2) is 0 Å². The lowest BCUT2D eigenvalue weighted by Crippen LogP contribution is -2.48. The van der Waals surface area contributed by atoms with Gasteiger partial charge in [-0.15, -0.1) is 0 Å². The second kappa shape index (κ2) is 8.46. The van der Waals surface area contributed by atoms with Crippen LogP contribution in [0.1, 0.15) is 31.2 Å². The van der Waals surface area contributed by atoms with Crippen molar-refractivity contribution in [1.29, 1.82) is 0 Å². The van der Waals surface area contributed by atoms with Gasteiger partial charge in [0.25, 0.3) is 0 Å². The van der Waals surface area contributed by atoms with E-state index in [0.717, 1.165) is 58.3 Å². The van der Waals surface area contributed by atoms with Crippen LogP contribution < -0.4 is 5.32 Å². The molecule has 0 bridgehead atoms. The second-order valence-corrected chi connectivity index (χ2v) is 6.68. The third kappa shape index (κ3) is 4.79. The largest absolute Gasteiger partial charge is 0.375 e. The summed E-state index contributed by atoms with van der Waals surface area (Å²) >= 11 is 0. The minimum absolute atomic E-state index is 0.178. The van der Waals surface area contributed by atoms with Gasteiger partial charge in [0.15, 0.2) is 0 Å². The van der Waals surface area contributed by atoms with Crippen LogP contribution in [0.5, 0.6) is 0 Å². The molecule has 4 heteroatoms. The number of carbonyl (C=O) groups is 1. The van der Waals surface area contributed by atoms with E-state index < -0.39 is 0 Å². The Bertz CT molecular complexity index is 483. The number of benzene rings is 1. The van der Waals surface area contributed by atoms with E-state index in [1.807, 2.05) is 6.07 Å². The summed E-state index contributed by atoms with van der Waals surface area (Å²) in [5.41, 5.74) is 1.34. The van der Waals surface area contributed by atoms with Crippen LogP contribution >= 0.6 is 0 Å². The van der Waals surface area contributed by atoms with Crippen LogP contribution in [0.25, 0.3) is 0 Å². The Labute approximate surface area is 139 Å².